The van der Waals surface area contributed by atoms with Crippen LogP contribution in [0, 0.1) is 0 Å². The summed E-state index contributed by atoms with van der Waals surface area (Å²) in [4.78, 5) is 29.1. The molecule has 0 aliphatic carbocycles. The Balaban J connectivity index is 1.13. The summed E-state index contributed by atoms with van der Waals surface area (Å²) in [7, 11) is 0. The summed E-state index contributed by atoms with van der Waals surface area (Å²) >= 11 is 0. The van der Waals surface area contributed by atoms with Crippen LogP contribution in [-0.4, -0.2) is 60.7 Å². The molecule has 0 bridgehead atoms. The predicted octanol–water partition coefficient (Wildman–Crippen LogP) is 1.85. The van der Waals surface area contributed by atoms with Crippen LogP contribution in [0.4, 0.5) is 5.69 Å². The summed E-state index contributed by atoms with van der Waals surface area (Å²) in [6, 6.07) is 13.2. The number of hydrogen-bond acceptors (Lipinski definition) is 6. The van der Waals surface area contributed by atoms with E-state index in [-0.39, 0.29) is 25.0 Å². The quantitative estimate of drug-likeness (QED) is 0.830. The monoisotopic (exact) mass is 409 g/mol. The lowest BCUT2D eigenvalue weighted by atomic mass is 10.1. The van der Waals surface area contributed by atoms with Gasteiger partial charge in [-0.3, -0.25) is 14.5 Å². The lowest BCUT2D eigenvalue weighted by molar-refractivity contribution is -0.138. The number of piperazine rings is 1. The van der Waals surface area contributed by atoms with Gasteiger partial charge in [0.1, 0.15) is 5.75 Å². The van der Waals surface area contributed by atoms with Crippen molar-refractivity contribution >= 4 is 17.5 Å². The van der Waals surface area contributed by atoms with Gasteiger partial charge in [0.25, 0.3) is 5.91 Å². The average molecular weight is 409 g/mol. The lowest BCUT2D eigenvalue weighted by Gasteiger charge is -2.35. The van der Waals surface area contributed by atoms with E-state index in [0.717, 1.165) is 36.7 Å². The number of hydrogen-bond donors (Lipinski definition) is 1. The molecule has 0 aromatic heterocycles. The topological polar surface area (TPSA) is 80.3 Å². The molecule has 8 nitrogen and oxygen atoms in total. The number of ether oxygens (including phenoxy) is 3. The fraction of sp³-hybridized carbons (Fsp3) is 0.364. The van der Waals surface area contributed by atoms with E-state index in [1.807, 2.05) is 35.2 Å². The van der Waals surface area contributed by atoms with Crippen molar-refractivity contribution in [3.63, 3.8) is 0 Å². The number of carbonyl (C=O) groups excluding carboxylic acids is 2. The van der Waals surface area contributed by atoms with Gasteiger partial charge in [-0.05, 0) is 29.8 Å². The molecule has 1 N–H and O–H groups in total. The number of carbonyl (C=O) groups is 2. The van der Waals surface area contributed by atoms with Crippen LogP contribution in [0.3, 0.4) is 0 Å². The molecule has 2 aromatic carbocycles. The molecule has 3 heterocycles. The third-order valence-electron chi connectivity index (χ3n) is 5.63. The molecule has 3 aliphatic rings. The van der Waals surface area contributed by atoms with E-state index in [4.69, 9.17) is 14.2 Å². The van der Waals surface area contributed by atoms with Crippen LogP contribution >= 0.6 is 0 Å². The Morgan fingerprint density at radius 3 is 2.67 bits per heavy atom. The summed E-state index contributed by atoms with van der Waals surface area (Å²) in [6.07, 6.45) is -0.749. The van der Waals surface area contributed by atoms with Gasteiger partial charge in [0.05, 0.1) is 12.1 Å². The molecule has 30 heavy (non-hydrogen) atoms. The first-order chi connectivity index (χ1) is 14.7. The summed E-state index contributed by atoms with van der Waals surface area (Å²) in [5, 5.41) is 2.81. The standard InChI is InChI=1S/C22H23N3O5/c26-21(12-20-22(27)23-16-3-1-2-4-17(16)30-20)25-9-7-24(8-10-25)13-15-5-6-18-19(11-15)29-14-28-18/h1-6,11,20H,7-10,12-14H2,(H,23,27). The third kappa shape index (κ3) is 3.78. The highest BCUT2D eigenvalue weighted by atomic mass is 16.7. The number of amides is 2. The van der Waals surface area contributed by atoms with E-state index < -0.39 is 6.10 Å². The Bertz CT molecular complexity index is 971. The van der Waals surface area contributed by atoms with Crippen molar-refractivity contribution in [1.82, 2.24) is 9.80 Å². The van der Waals surface area contributed by atoms with Crippen molar-refractivity contribution in [3.05, 3.63) is 48.0 Å². The molecular weight excluding hydrogens is 386 g/mol. The van der Waals surface area contributed by atoms with Crippen LogP contribution in [0.15, 0.2) is 42.5 Å². The summed E-state index contributed by atoms with van der Waals surface area (Å²) in [6.45, 7) is 3.89. The zero-order chi connectivity index (χ0) is 20.5. The zero-order valence-electron chi connectivity index (χ0n) is 16.5. The van der Waals surface area contributed by atoms with E-state index in [0.29, 0.717) is 24.5 Å². The van der Waals surface area contributed by atoms with Gasteiger partial charge in [0, 0.05) is 32.7 Å². The number of nitrogens with zero attached hydrogens (tertiary/aromatic N) is 2. The van der Waals surface area contributed by atoms with Crippen LogP contribution < -0.4 is 19.5 Å². The van der Waals surface area contributed by atoms with Crippen LogP contribution in [0.5, 0.6) is 17.2 Å². The molecule has 3 aliphatic heterocycles. The fourth-order valence-corrected chi connectivity index (χ4v) is 3.97. The van der Waals surface area contributed by atoms with Crippen molar-refractivity contribution in [1.29, 1.82) is 0 Å². The molecule has 0 saturated carbocycles. The van der Waals surface area contributed by atoms with Crippen molar-refractivity contribution in [2.75, 3.05) is 38.3 Å². The first-order valence-corrected chi connectivity index (χ1v) is 10.1. The number of benzene rings is 2. The predicted molar refractivity (Wildman–Crippen MR) is 109 cm³/mol. The normalized spacial score (nSPS) is 20.3. The second-order valence-electron chi connectivity index (χ2n) is 7.64. The van der Waals surface area contributed by atoms with E-state index >= 15 is 0 Å². The van der Waals surface area contributed by atoms with Gasteiger partial charge < -0.3 is 24.4 Å². The smallest absolute Gasteiger partial charge is 0.266 e. The second kappa shape index (κ2) is 7.87. The molecule has 0 spiro atoms. The van der Waals surface area contributed by atoms with E-state index in [9.17, 15) is 9.59 Å². The summed E-state index contributed by atoms with van der Waals surface area (Å²) in [5.74, 6) is 1.84. The highest BCUT2D eigenvalue weighted by molar-refractivity contribution is 5.99. The number of fused-ring (bicyclic) bond motifs is 2. The molecule has 8 heteroatoms. The molecule has 0 radical (unpaired) electrons. The first kappa shape index (κ1) is 18.7. The Morgan fingerprint density at radius 1 is 1.00 bits per heavy atom. The van der Waals surface area contributed by atoms with Crippen LogP contribution in [0.1, 0.15) is 12.0 Å². The van der Waals surface area contributed by atoms with Gasteiger partial charge in [-0.25, -0.2) is 0 Å². The summed E-state index contributed by atoms with van der Waals surface area (Å²) < 4.78 is 16.5. The minimum atomic E-state index is -0.793. The maximum Gasteiger partial charge on any atom is 0.266 e. The number of para-hydroxylation sites is 2. The van der Waals surface area contributed by atoms with Crippen molar-refractivity contribution in [2.24, 2.45) is 0 Å². The number of nitrogens with one attached hydrogen (secondary N) is 1. The second-order valence-corrected chi connectivity index (χ2v) is 7.64. The van der Waals surface area contributed by atoms with E-state index in [2.05, 4.69) is 10.2 Å². The maximum absolute atomic E-state index is 12.7. The van der Waals surface area contributed by atoms with Gasteiger partial charge in [0.15, 0.2) is 17.6 Å². The number of rotatable bonds is 4. The van der Waals surface area contributed by atoms with Crippen molar-refractivity contribution in [2.45, 2.75) is 19.1 Å². The van der Waals surface area contributed by atoms with Gasteiger partial charge >= 0.3 is 0 Å². The molecule has 156 valence electrons. The first-order valence-electron chi connectivity index (χ1n) is 10.1. The Morgan fingerprint density at radius 2 is 1.80 bits per heavy atom. The lowest BCUT2D eigenvalue weighted by Crippen LogP contribution is -2.50. The number of anilines is 1. The molecular formula is C22H23N3O5. The Hall–Kier alpha value is -3.26. The maximum atomic E-state index is 12.7. The fourth-order valence-electron chi connectivity index (χ4n) is 3.97. The minimum absolute atomic E-state index is 0.0440. The Labute approximate surface area is 174 Å². The average Bonchev–Trinajstić information content (AvgIpc) is 3.23. The minimum Gasteiger partial charge on any atom is -0.478 e. The van der Waals surface area contributed by atoms with Gasteiger partial charge in [0.2, 0.25) is 12.7 Å². The van der Waals surface area contributed by atoms with E-state index in [1.165, 1.54) is 0 Å². The molecule has 5 rings (SSSR count). The SMILES string of the molecule is O=C1Nc2ccccc2OC1CC(=O)N1CCN(Cc2ccc3c(c2)OCO3)CC1. The third-order valence-corrected chi connectivity index (χ3v) is 5.63. The summed E-state index contributed by atoms with van der Waals surface area (Å²) in [5.41, 5.74) is 1.80. The van der Waals surface area contributed by atoms with Gasteiger partial charge in [-0.15, -0.1) is 0 Å². The highest BCUT2D eigenvalue weighted by Gasteiger charge is 2.32. The Kier molecular flexibility index (Phi) is 4.92. The molecule has 1 fully saturated rings. The molecule has 1 atom stereocenters. The molecule has 1 unspecified atom stereocenters. The molecule has 2 amide bonds. The van der Waals surface area contributed by atoms with Crippen molar-refractivity contribution in [3.8, 4) is 17.2 Å². The van der Waals surface area contributed by atoms with Gasteiger partial charge in [-0.1, -0.05) is 18.2 Å². The zero-order valence-corrected chi connectivity index (χ0v) is 16.5. The van der Waals surface area contributed by atoms with Crippen LogP contribution in [0.25, 0.3) is 0 Å². The largest absolute Gasteiger partial charge is 0.478 e. The highest BCUT2D eigenvalue weighted by Crippen LogP contribution is 2.33. The molecule has 2 aromatic rings. The van der Waals surface area contributed by atoms with Gasteiger partial charge in [-0.2, -0.15) is 0 Å². The van der Waals surface area contributed by atoms with Crippen molar-refractivity contribution < 1.29 is 23.8 Å². The van der Waals surface area contributed by atoms with E-state index in [1.54, 1.807) is 12.1 Å². The van der Waals surface area contributed by atoms with Crippen LogP contribution in [0.2, 0.25) is 0 Å². The molecule has 1 saturated heterocycles. The van der Waals surface area contributed by atoms with Crippen LogP contribution in [-0.2, 0) is 16.1 Å².